The van der Waals surface area contributed by atoms with Gasteiger partial charge in [-0.1, -0.05) is 0 Å². The molecule has 0 unspecified atom stereocenters. The van der Waals surface area contributed by atoms with Gasteiger partial charge < -0.3 is 5.73 Å². The molecule has 0 aliphatic rings. The fourth-order valence-electron chi connectivity index (χ4n) is 1.31. The first-order valence-electron chi connectivity index (χ1n) is 4.25. The lowest BCUT2D eigenvalue weighted by Gasteiger charge is -2.08. The van der Waals surface area contributed by atoms with Gasteiger partial charge in [-0.15, -0.1) is 10.2 Å². The summed E-state index contributed by atoms with van der Waals surface area (Å²) in [4.78, 5) is 0. The molecule has 1 aromatic heterocycles. The van der Waals surface area contributed by atoms with Crippen molar-refractivity contribution >= 4 is 0 Å². The first-order chi connectivity index (χ1) is 7.22. The summed E-state index contributed by atoms with van der Waals surface area (Å²) in [6.45, 7) is 0.116. The van der Waals surface area contributed by atoms with E-state index in [0.717, 1.165) is 12.1 Å². The summed E-state index contributed by atoms with van der Waals surface area (Å²) >= 11 is 0. The van der Waals surface area contributed by atoms with Gasteiger partial charge in [0.2, 0.25) is 0 Å². The highest BCUT2D eigenvalue weighted by Crippen LogP contribution is 2.18. The van der Waals surface area contributed by atoms with Gasteiger partial charge >= 0.3 is 0 Å². The van der Waals surface area contributed by atoms with Crippen LogP contribution >= 0.6 is 0 Å². The van der Waals surface area contributed by atoms with Gasteiger partial charge in [0, 0.05) is 12.6 Å². The van der Waals surface area contributed by atoms with Gasteiger partial charge in [-0.2, -0.15) is 0 Å². The standard InChI is InChI=1S/C9H8F2N4/c10-7-1-6(3-12)9(2-8(7)11)15-4-13-14-5-15/h1-2,4-5H,3,12H2. The molecular weight excluding hydrogens is 202 g/mol. The zero-order valence-electron chi connectivity index (χ0n) is 7.69. The third-order valence-electron chi connectivity index (χ3n) is 2.04. The zero-order chi connectivity index (χ0) is 10.8. The van der Waals surface area contributed by atoms with Crippen LogP contribution in [0.25, 0.3) is 5.69 Å². The van der Waals surface area contributed by atoms with E-state index in [2.05, 4.69) is 10.2 Å². The molecule has 1 aromatic carbocycles. The summed E-state index contributed by atoms with van der Waals surface area (Å²) < 4.78 is 27.4. The molecule has 0 spiro atoms. The minimum Gasteiger partial charge on any atom is -0.326 e. The number of nitrogens with two attached hydrogens (primary N) is 1. The Hall–Kier alpha value is -1.82. The summed E-state index contributed by atoms with van der Waals surface area (Å²) in [6.07, 6.45) is 2.79. The number of aromatic nitrogens is 3. The SMILES string of the molecule is NCc1cc(F)c(F)cc1-n1cnnc1. The smallest absolute Gasteiger partial charge is 0.160 e. The van der Waals surface area contributed by atoms with Crippen LogP contribution in [0.3, 0.4) is 0 Å². The van der Waals surface area contributed by atoms with Crippen LogP contribution in [0.1, 0.15) is 5.56 Å². The molecule has 0 saturated heterocycles. The molecule has 78 valence electrons. The van der Waals surface area contributed by atoms with Crippen LogP contribution in [0.15, 0.2) is 24.8 Å². The molecule has 0 radical (unpaired) electrons. The Labute approximate surface area is 84.4 Å². The molecule has 0 aliphatic carbocycles. The molecule has 0 amide bonds. The summed E-state index contributed by atoms with van der Waals surface area (Å²) in [7, 11) is 0. The van der Waals surface area contributed by atoms with E-state index in [1.807, 2.05) is 0 Å². The summed E-state index contributed by atoms with van der Waals surface area (Å²) in [5, 5.41) is 7.16. The number of hydrogen-bond acceptors (Lipinski definition) is 3. The van der Waals surface area contributed by atoms with Crippen LogP contribution in [0.4, 0.5) is 8.78 Å². The number of nitrogens with zero attached hydrogens (tertiary/aromatic N) is 3. The Morgan fingerprint density at radius 3 is 2.33 bits per heavy atom. The van der Waals surface area contributed by atoms with Crippen molar-refractivity contribution in [1.29, 1.82) is 0 Å². The predicted molar refractivity (Wildman–Crippen MR) is 49.2 cm³/mol. The third kappa shape index (κ3) is 1.71. The molecule has 0 bridgehead atoms. The van der Waals surface area contributed by atoms with Crippen LogP contribution in [0, 0.1) is 11.6 Å². The lowest BCUT2D eigenvalue weighted by Crippen LogP contribution is -2.05. The monoisotopic (exact) mass is 210 g/mol. The maximum atomic E-state index is 13.0. The van der Waals surface area contributed by atoms with Crippen LogP contribution in [-0.4, -0.2) is 14.8 Å². The van der Waals surface area contributed by atoms with Gasteiger partial charge in [0.05, 0.1) is 5.69 Å². The average Bonchev–Trinajstić information content (AvgIpc) is 2.74. The van der Waals surface area contributed by atoms with Gasteiger partial charge in [-0.3, -0.25) is 4.57 Å². The molecule has 1 heterocycles. The van der Waals surface area contributed by atoms with Crippen molar-refractivity contribution in [2.24, 2.45) is 5.73 Å². The second kappa shape index (κ2) is 3.74. The molecule has 0 fully saturated rings. The van der Waals surface area contributed by atoms with E-state index in [-0.39, 0.29) is 6.54 Å². The Balaban J connectivity index is 2.60. The quantitative estimate of drug-likeness (QED) is 0.804. The molecule has 0 atom stereocenters. The molecular formula is C9H8F2N4. The number of benzene rings is 1. The van der Waals surface area contributed by atoms with E-state index < -0.39 is 11.6 Å². The Bertz CT molecular complexity index is 467. The maximum absolute atomic E-state index is 13.0. The topological polar surface area (TPSA) is 56.7 Å². The predicted octanol–water partition coefficient (Wildman–Crippen LogP) is 1.00. The minimum absolute atomic E-state index is 0.116. The maximum Gasteiger partial charge on any atom is 0.160 e. The van der Waals surface area contributed by atoms with Crippen molar-refractivity contribution in [1.82, 2.24) is 14.8 Å². The molecule has 0 aliphatic heterocycles. The van der Waals surface area contributed by atoms with Crippen molar-refractivity contribution in [3.8, 4) is 5.69 Å². The molecule has 15 heavy (non-hydrogen) atoms. The Morgan fingerprint density at radius 2 is 1.73 bits per heavy atom. The van der Waals surface area contributed by atoms with Gasteiger partial charge in [0.15, 0.2) is 11.6 Å². The summed E-state index contributed by atoms with van der Waals surface area (Å²) in [6, 6.07) is 2.14. The van der Waals surface area contributed by atoms with Crippen molar-refractivity contribution in [2.45, 2.75) is 6.54 Å². The third-order valence-corrected chi connectivity index (χ3v) is 2.04. The highest BCUT2D eigenvalue weighted by molar-refractivity contribution is 5.41. The highest BCUT2D eigenvalue weighted by atomic mass is 19.2. The number of hydrogen-bond donors (Lipinski definition) is 1. The molecule has 2 aromatic rings. The molecule has 4 nitrogen and oxygen atoms in total. The van der Waals surface area contributed by atoms with E-state index >= 15 is 0 Å². The van der Waals surface area contributed by atoms with E-state index in [0.29, 0.717) is 11.3 Å². The van der Waals surface area contributed by atoms with Crippen molar-refractivity contribution in [3.05, 3.63) is 42.0 Å². The summed E-state index contributed by atoms with van der Waals surface area (Å²) in [5.41, 5.74) is 6.37. The van der Waals surface area contributed by atoms with Gasteiger partial charge in [0.1, 0.15) is 12.7 Å². The molecule has 6 heteroatoms. The molecule has 2 rings (SSSR count). The zero-order valence-corrected chi connectivity index (χ0v) is 7.69. The van der Waals surface area contributed by atoms with Gasteiger partial charge in [-0.25, -0.2) is 8.78 Å². The fraction of sp³-hybridized carbons (Fsp3) is 0.111. The first kappa shape index (κ1) is 9.72. The first-order valence-corrected chi connectivity index (χ1v) is 4.25. The van der Waals surface area contributed by atoms with Gasteiger partial charge in [0.25, 0.3) is 0 Å². The van der Waals surface area contributed by atoms with Crippen LogP contribution in [0.5, 0.6) is 0 Å². The van der Waals surface area contributed by atoms with Crippen molar-refractivity contribution in [3.63, 3.8) is 0 Å². The van der Waals surface area contributed by atoms with E-state index in [4.69, 9.17) is 5.73 Å². The highest BCUT2D eigenvalue weighted by Gasteiger charge is 2.10. The second-order valence-electron chi connectivity index (χ2n) is 2.97. The van der Waals surface area contributed by atoms with Crippen LogP contribution in [-0.2, 0) is 6.54 Å². The van der Waals surface area contributed by atoms with Gasteiger partial charge in [-0.05, 0) is 11.6 Å². The lowest BCUT2D eigenvalue weighted by molar-refractivity contribution is 0.506. The second-order valence-corrected chi connectivity index (χ2v) is 2.97. The van der Waals surface area contributed by atoms with Crippen molar-refractivity contribution < 1.29 is 8.78 Å². The largest absolute Gasteiger partial charge is 0.326 e. The average molecular weight is 210 g/mol. The van der Waals surface area contributed by atoms with E-state index in [1.54, 1.807) is 0 Å². The lowest BCUT2D eigenvalue weighted by atomic mass is 10.1. The Kier molecular flexibility index (Phi) is 2.42. The number of halogens is 2. The van der Waals surface area contributed by atoms with Crippen LogP contribution < -0.4 is 5.73 Å². The van der Waals surface area contributed by atoms with E-state index in [9.17, 15) is 8.78 Å². The normalized spacial score (nSPS) is 10.6. The fourth-order valence-corrected chi connectivity index (χ4v) is 1.31. The Morgan fingerprint density at radius 1 is 1.13 bits per heavy atom. The van der Waals surface area contributed by atoms with Crippen molar-refractivity contribution in [2.75, 3.05) is 0 Å². The van der Waals surface area contributed by atoms with Crippen LogP contribution in [0.2, 0.25) is 0 Å². The summed E-state index contributed by atoms with van der Waals surface area (Å²) in [5.74, 6) is -1.83. The molecule has 0 saturated carbocycles. The number of rotatable bonds is 2. The molecule has 2 N–H and O–H groups in total. The van der Waals surface area contributed by atoms with E-state index in [1.165, 1.54) is 17.2 Å². The minimum atomic E-state index is -0.920.